The van der Waals surface area contributed by atoms with Gasteiger partial charge in [0.15, 0.2) is 0 Å². The minimum atomic E-state index is -0.653. The lowest BCUT2D eigenvalue weighted by Crippen LogP contribution is -2.36. The predicted octanol–water partition coefficient (Wildman–Crippen LogP) is 4.67. The van der Waals surface area contributed by atoms with Gasteiger partial charge in [0.1, 0.15) is 29.3 Å². The fourth-order valence-corrected chi connectivity index (χ4v) is 4.87. The molecule has 1 aliphatic carbocycles. The first-order valence-electron chi connectivity index (χ1n) is 11.4. The van der Waals surface area contributed by atoms with Gasteiger partial charge < -0.3 is 25.9 Å². The van der Waals surface area contributed by atoms with Gasteiger partial charge in [0.25, 0.3) is 0 Å². The fourth-order valence-electron chi connectivity index (χ4n) is 4.87. The summed E-state index contributed by atoms with van der Waals surface area (Å²) in [4.78, 5) is 8.82. The summed E-state index contributed by atoms with van der Waals surface area (Å²) in [5.41, 5.74) is 14.2. The Balaban J connectivity index is 1.46. The molecule has 2 aromatic carbocycles. The van der Waals surface area contributed by atoms with Crippen molar-refractivity contribution in [2.75, 3.05) is 12.3 Å². The highest BCUT2D eigenvalue weighted by atomic mass is 16.5. The largest absolute Gasteiger partial charge is 0.457 e. The number of rotatable bonds is 6. The summed E-state index contributed by atoms with van der Waals surface area (Å²) in [5.74, 6) is 2.03. The van der Waals surface area contributed by atoms with Crippen LogP contribution >= 0.6 is 0 Å². The Kier molecular flexibility index (Phi) is 5.74. The second kappa shape index (κ2) is 8.84. The van der Waals surface area contributed by atoms with Gasteiger partial charge in [-0.2, -0.15) is 0 Å². The van der Waals surface area contributed by atoms with Crippen LogP contribution in [0.25, 0.3) is 22.2 Å². The van der Waals surface area contributed by atoms with Crippen LogP contribution in [-0.2, 0) is 0 Å². The van der Waals surface area contributed by atoms with Crippen molar-refractivity contribution in [1.29, 1.82) is 0 Å². The molecule has 1 aliphatic rings. The van der Waals surface area contributed by atoms with E-state index in [-0.39, 0.29) is 6.04 Å². The van der Waals surface area contributed by atoms with Gasteiger partial charge in [0.2, 0.25) is 0 Å². The SMILES string of the molecule is NCCC1(O)CCC(n2cc(-c3ccc(Oc4ccccc4)cc3)c3c(N)ncnc32)CC1. The van der Waals surface area contributed by atoms with Gasteiger partial charge in [-0.05, 0) is 68.5 Å². The lowest BCUT2D eigenvalue weighted by atomic mass is 9.80. The number of aliphatic hydroxyl groups is 1. The number of hydrogen-bond acceptors (Lipinski definition) is 6. The number of aromatic nitrogens is 3. The molecule has 1 fully saturated rings. The maximum Gasteiger partial charge on any atom is 0.146 e. The fraction of sp³-hybridized carbons (Fsp3) is 0.308. The van der Waals surface area contributed by atoms with Crippen LogP contribution in [0, 0.1) is 0 Å². The van der Waals surface area contributed by atoms with E-state index in [4.69, 9.17) is 16.2 Å². The normalized spacial score (nSPS) is 20.7. The highest BCUT2D eigenvalue weighted by molar-refractivity contribution is 6.00. The highest BCUT2D eigenvalue weighted by Gasteiger charge is 2.34. The zero-order chi connectivity index (χ0) is 22.8. The monoisotopic (exact) mass is 443 g/mol. The number of nitrogens with zero attached hydrogens (tertiary/aromatic N) is 3. The molecule has 2 heterocycles. The Bertz CT molecular complexity index is 1230. The summed E-state index contributed by atoms with van der Waals surface area (Å²) in [7, 11) is 0. The van der Waals surface area contributed by atoms with Crippen molar-refractivity contribution < 1.29 is 9.84 Å². The first-order chi connectivity index (χ1) is 16.1. The minimum absolute atomic E-state index is 0.245. The van der Waals surface area contributed by atoms with Crippen molar-refractivity contribution in [3.8, 4) is 22.6 Å². The summed E-state index contributed by atoms with van der Waals surface area (Å²) >= 11 is 0. The van der Waals surface area contributed by atoms with Crippen molar-refractivity contribution in [2.45, 2.75) is 43.7 Å². The molecular formula is C26H29N5O2. The van der Waals surface area contributed by atoms with Gasteiger partial charge >= 0.3 is 0 Å². The van der Waals surface area contributed by atoms with E-state index < -0.39 is 5.60 Å². The van der Waals surface area contributed by atoms with Gasteiger partial charge in [-0.15, -0.1) is 0 Å². The van der Waals surface area contributed by atoms with Crippen molar-refractivity contribution >= 4 is 16.9 Å². The number of nitrogens with two attached hydrogens (primary N) is 2. The molecule has 1 saturated carbocycles. The van der Waals surface area contributed by atoms with E-state index in [0.717, 1.165) is 59.3 Å². The van der Waals surface area contributed by atoms with E-state index in [1.165, 1.54) is 6.33 Å². The van der Waals surface area contributed by atoms with E-state index in [2.05, 4.69) is 20.7 Å². The Labute approximate surface area is 193 Å². The number of anilines is 1. The first-order valence-corrected chi connectivity index (χ1v) is 11.4. The standard InChI is InChI=1S/C26H29N5O2/c27-15-14-26(32)12-10-19(11-13-26)31-16-22(23-24(28)29-17-30-25(23)31)18-6-8-21(9-7-18)33-20-4-2-1-3-5-20/h1-9,16-17,19,32H,10-15,27H2,(H2,28,29,30). The molecule has 0 atom stereocenters. The van der Waals surface area contributed by atoms with Crippen LogP contribution in [0.15, 0.2) is 67.1 Å². The molecule has 5 N–H and O–H groups in total. The molecule has 0 saturated heterocycles. The summed E-state index contributed by atoms with van der Waals surface area (Å²) < 4.78 is 8.14. The second-order valence-electron chi connectivity index (χ2n) is 8.84. The third-order valence-corrected chi connectivity index (χ3v) is 6.67. The molecule has 0 radical (unpaired) electrons. The molecule has 7 nitrogen and oxygen atoms in total. The minimum Gasteiger partial charge on any atom is -0.457 e. The molecule has 0 amide bonds. The second-order valence-corrected chi connectivity index (χ2v) is 8.84. The molecule has 2 aromatic heterocycles. The van der Waals surface area contributed by atoms with E-state index >= 15 is 0 Å². The molecule has 5 rings (SSSR count). The Morgan fingerprint density at radius 3 is 2.39 bits per heavy atom. The third-order valence-electron chi connectivity index (χ3n) is 6.67. The highest BCUT2D eigenvalue weighted by Crippen LogP contribution is 2.41. The number of benzene rings is 2. The topological polar surface area (TPSA) is 112 Å². The van der Waals surface area contributed by atoms with Gasteiger partial charge in [-0.1, -0.05) is 30.3 Å². The van der Waals surface area contributed by atoms with Crippen LogP contribution in [0.4, 0.5) is 5.82 Å². The summed E-state index contributed by atoms with van der Waals surface area (Å²) in [5, 5.41) is 11.6. The van der Waals surface area contributed by atoms with Crippen molar-refractivity contribution in [1.82, 2.24) is 14.5 Å². The Hall–Kier alpha value is -3.42. The van der Waals surface area contributed by atoms with Gasteiger partial charge in [-0.3, -0.25) is 0 Å². The Morgan fingerprint density at radius 2 is 1.70 bits per heavy atom. The zero-order valence-electron chi connectivity index (χ0n) is 18.5. The molecule has 0 spiro atoms. The third kappa shape index (κ3) is 4.29. The van der Waals surface area contributed by atoms with Gasteiger partial charge in [-0.25, -0.2) is 9.97 Å². The van der Waals surface area contributed by atoms with E-state index in [9.17, 15) is 5.11 Å². The van der Waals surface area contributed by atoms with Crippen LogP contribution < -0.4 is 16.2 Å². The van der Waals surface area contributed by atoms with Crippen molar-refractivity contribution in [3.05, 3.63) is 67.1 Å². The molecule has 0 bridgehead atoms. The first kappa shape index (κ1) is 21.4. The van der Waals surface area contributed by atoms with Gasteiger partial charge in [0, 0.05) is 17.8 Å². The average Bonchev–Trinajstić information content (AvgIpc) is 3.22. The van der Waals surface area contributed by atoms with Crippen molar-refractivity contribution in [2.24, 2.45) is 5.73 Å². The van der Waals surface area contributed by atoms with E-state index in [0.29, 0.717) is 18.8 Å². The zero-order valence-corrected chi connectivity index (χ0v) is 18.5. The smallest absolute Gasteiger partial charge is 0.146 e. The molecule has 0 unspecified atom stereocenters. The average molecular weight is 444 g/mol. The lowest BCUT2D eigenvalue weighted by Gasteiger charge is -2.36. The predicted molar refractivity (Wildman–Crippen MR) is 130 cm³/mol. The maximum atomic E-state index is 10.8. The maximum absolute atomic E-state index is 10.8. The Morgan fingerprint density at radius 1 is 1.00 bits per heavy atom. The van der Waals surface area contributed by atoms with Crippen LogP contribution in [0.5, 0.6) is 11.5 Å². The number of para-hydroxylation sites is 1. The molecule has 0 aliphatic heterocycles. The van der Waals surface area contributed by atoms with Crippen LogP contribution in [0.1, 0.15) is 38.1 Å². The lowest BCUT2D eigenvalue weighted by molar-refractivity contribution is -0.0122. The van der Waals surface area contributed by atoms with Crippen LogP contribution in [-0.4, -0.2) is 31.8 Å². The van der Waals surface area contributed by atoms with E-state index in [1.54, 1.807) is 0 Å². The summed E-state index contributed by atoms with van der Waals surface area (Å²) in [6.07, 6.45) is 7.49. The number of ether oxygens (including phenoxy) is 1. The van der Waals surface area contributed by atoms with Gasteiger partial charge in [0.05, 0.1) is 11.0 Å². The molecule has 33 heavy (non-hydrogen) atoms. The number of nitrogen functional groups attached to an aromatic ring is 1. The van der Waals surface area contributed by atoms with E-state index in [1.807, 2.05) is 54.6 Å². The molecule has 7 heteroatoms. The number of fused-ring (bicyclic) bond motifs is 1. The van der Waals surface area contributed by atoms with Crippen molar-refractivity contribution in [3.63, 3.8) is 0 Å². The molecule has 170 valence electrons. The summed E-state index contributed by atoms with van der Waals surface area (Å²) in [6, 6.07) is 17.9. The quantitative estimate of drug-likeness (QED) is 0.399. The van der Waals surface area contributed by atoms with Crippen LogP contribution in [0.3, 0.4) is 0 Å². The number of hydrogen-bond donors (Lipinski definition) is 3. The van der Waals surface area contributed by atoms with Crippen LogP contribution in [0.2, 0.25) is 0 Å². The summed E-state index contributed by atoms with van der Waals surface area (Å²) in [6.45, 7) is 0.505. The molecular weight excluding hydrogens is 414 g/mol. The molecule has 4 aromatic rings.